The maximum absolute atomic E-state index is 13.8. The Balaban J connectivity index is 1.97. The van der Waals surface area contributed by atoms with Crippen LogP contribution in [-0.4, -0.2) is 16.1 Å². The second kappa shape index (κ2) is 5.45. The van der Waals surface area contributed by atoms with Gasteiger partial charge in [-0.2, -0.15) is 5.26 Å². The van der Waals surface area contributed by atoms with Gasteiger partial charge in [-0.3, -0.25) is 0 Å². The monoisotopic (exact) mass is 298 g/mol. The molecule has 114 valence electrons. The van der Waals surface area contributed by atoms with E-state index in [2.05, 4.69) is 25.5 Å². The Bertz CT molecular complexity index is 755. The highest BCUT2D eigenvalue weighted by atomic mass is 19.1. The van der Waals surface area contributed by atoms with Crippen LogP contribution in [0.25, 0.3) is 0 Å². The molecule has 0 fully saturated rings. The summed E-state index contributed by atoms with van der Waals surface area (Å²) < 4.78 is 16.0. The van der Waals surface area contributed by atoms with Crippen LogP contribution in [0.15, 0.2) is 18.2 Å². The van der Waals surface area contributed by atoms with Crippen molar-refractivity contribution in [3.8, 4) is 6.07 Å². The zero-order chi connectivity index (χ0) is 15.9. The van der Waals surface area contributed by atoms with Crippen LogP contribution in [-0.2, 0) is 20.0 Å². The van der Waals surface area contributed by atoms with Crippen molar-refractivity contribution in [3.05, 3.63) is 46.8 Å². The fourth-order valence-corrected chi connectivity index (χ4v) is 3.16. The first-order valence-electron chi connectivity index (χ1n) is 7.50. The van der Waals surface area contributed by atoms with Crippen LogP contribution in [0, 0.1) is 17.1 Å². The first kappa shape index (κ1) is 14.6. The van der Waals surface area contributed by atoms with Gasteiger partial charge in [0.15, 0.2) is 0 Å². The highest BCUT2D eigenvalue weighted by Gasteiger charge is 2.25. The van der Waals surface area contributed by atoms with Crippen LogP contribution in [0.1, 0.15) is 42.5 Å². The number of rotatable bonds is 2. The molecule has 4 nitrogen and oxygen atoms in total. The number of anilines is 1. The van der Waals surface area contributed by atoms with Gasteiger partial charge in [-0.25, -0.2) is 9.37 Å². The summed E-state index contributed by atoms with van der Waals surface area (Å²) in [7, 11) is 2.06. The maximum atomic E-state index is 13.8. The number of benzene rings is 1. The maximum Gasteiger partial charge on any atom is 0.143 e. The lowest BCUT2D eigenvalue weighted by molar-refractivity contribution is 0.619. The normalized spacial score (nSPS) is 14.1. The molecule has 0 bridgehead atoms. The van der Waals surface area contributed by atoms with Gasteiger partial charge in [0, 0.05) is 31.6 Å². The van der Waals surface area contributed by atoms with Gasteiger partial charge < -0.3 is 9.47 Å². The average molecular weight is 298 g/mol. The Labute approximate surface area is 129 Å². The van der Waals surface area contributed by atoms with E-state index in [1.807, 2.05) is 11.0 Å². The van der Waals surface area contributed by atoms with E-state index in [1.165, 1.54) is 11.8 Å². The van der Waals surface area contributed by atoms with Gasteiger partial charge in [0.1, 0.15) is 23.3 Å². The van der Waals surface area contributed by atoms with Crippen molar-refractivity contribution < 1.29 is 4.39 Å². The molecule has 0 atom stereocenters. The second-order valence-electron chi connectivity index (χ2n) is 5.99. The molecule has 1 aliphatic rings. The van der Waals surface area contributed by atoms with E-state index in [0.29, 0.717) is 18.2 Å². The van der Waals surface area contributed by atoms with Crippen molar-refractivity contribution in [1.82, 2.24) is 9.55 Å². The van der Waals surface area contributed by atoms with E-state index in [9.17, 15) is 9.65 Å². The van der Waals surface area contributed by atoms with Crippen molar-refractivity contribution >= 4 is 5.69 Å². The molecule has 2 heterocycles. The fourth-order valence-electron chi connectivity index (χ4n) is 3.16. The topological polar surface area (TPSA) is 44.9 Å². The number of imidazole rings is 1. The van der Waals surface area contributed by atoms with E-state index in [-0.39, 0.29) is 5.56 Å². The largest absolute Gasteiger partial charge is 0.364 e. The van der Waals surface area contributed by atoms with Crippen LogP contribution >= 0.6 is 0 Å². The molecule has 0 spiro atoms. The van der Waals surface area contributed by atoms with E-state index >= 15 is 0 Å². The second-order valence-corrected chi connectivity index (χ2v) is 5.99. The highest BCUT2D eigenvalue weighted by molar-refractivity contribution is 5.60. The summed E-state index contributed by atoms with van der Waals surface area (Å²) in [6.07, 6.45) is 0.854. The average Bonchev–Trinajstić information content (AvgIpc) is 2.84. The summed E-state index contributed by atoms with van der Waals surface area (Å²) >= 11 is 0. The molecule has 0 saturated carbocycles. The Morgan fingerprint density at radius 2 is 2.14 bits per heavy atom. The molecule has 0 unspecified atom stereocenters. The van der Waals surface area contributed by atoms with Crippen LogP contribution in [0.4, 0.5) is 10.1 Å². The minimum absolute atomic E-state index is 0.117. The molecule has 0 N–H and O–H groups in total. The molecule has 5 heteroatoms. The van der Waals surface area contributed by atoms with E-state index < -0.39 is 5.82 Å². The van der Waals surface area contributed by atoms with Crippen LogP contribution < -0.4 is 4.90 Å². The third kappa shape index (κ3) is 2.25. The number of aromatic nitrogens is 2. The smallest absolute Gasteiger partial charge is 0.143 e. The number of fused-ring (bicyclic) bond motifs is 1. The van der Waals surface area contributed by atoms with Gasteiger partial charge in [-0.15, -0.1) is 0 Å². The molecule has 0 aliphatic carbocycles. The molecule has 22 heavy (non-hydrogen) atoms. The first-order valence-corrected chi connectivity index (χ1v) is 7.50. The van der Waals surface area contributed by atoms with Gasteiger partial charge in [0.2, 0.25) is 0 Å². The molecule has 0 amide bonds. The van der Waals surface area contributed by atoms with E-state index in [0.717, 1.165) is 24.5 Å². The lowest BCUT2D eigenvalue weighted by Crippen LogP contribution is -2.31. The molecule has 2 aromatic rings. The zero-order valence-electron chi connectivity index (χ0n) is 13.1. The number of nitriles is 1. The standard InChI is InChI=1S/C17H19FN4/c1-11(2)17-20-14-10-22(8-7-16(14)21(17)3)15-6-4-5-13(18)12(15)9-19/h4-6,11H,7-8,10H2,1-3H3. The van der Waals surface area contributed by atoms with Crippen LogP contribution in [0.5, 0.6) is 0 Å². The quantitative estimate of drug-likeness (QED) is 0.855. The summed E-state index contributed by atoms with van der Waals surface area (Å²) in [5, 5.41) is 9.21. The van der Waals surface area contributed by atoms with Crippen molar-refractivity contribution in [2.75, 3.05) is 11.4 Å². The van der Waals surface area contributed by atoms with Crippen LogP contribution in [0.2, 0.25) is 0 Å². The Morgan fingerprint density at radius 3 is 2.82 bits per heavy atom. The lowest BCUT2D eigenvalue weighted by atomic mass is 10.1. The summed E-state index contributed by atoms with van der Waals surface area (Å²) in [5.41, 5.74) is 3.05. The number of nitrogens with zero attached hydrogens (tertiary/aromatic N) is 4. The molecule has 1 aromatic carbocycles. The Hall–Kier alpha value is -2.35. The van der Waals surface area contributed by atoms with Crippen LogP contribution in [0.3, 0.4) is 0 Å². The Kier molecular flexibility index (Phi) is 3.61. The van der Waals surface area contributed by atoms with Crippen molar-refractivity contribution in [2.24, 2.45) is 7.05 Å². The van der Waals surface area contributed by atoms with Gasteiger partial charge >= 0.3 is 0 Å². The predicted molar refractivity (Wildman–Crippen MR) is 83.2 cm³/mol. The van der Waals surface area contributed by atoms with Gasteiger partial charge in [-0.05, 0) is 12.1 Å². The first-order chi connectivity index (χ1) is 10.5. The minimum atomic E-state index is -0.463. The predicted octanol–water partition coefficient (Wildman–Crippen LogP) is 3.12. The Morgan fingerprint density at radius 1 is 1.36 bits per heavy atom. The summed E-state index contributed by atoms with van der Waals surface area (Å²) in [6.45, 7) is 5.65. The summed E-state index contributed by atoms with van der Waals surface area (Å²) in [6, 6.07) is 6.76. The number of halogens is 1. The third-order valence-corrected chi connectivity index (χ3v) is 4.25. The van der Waals surface area contributed by atoms with Crippen molar-refractivity contribution in [2.45, 2.75) is 32.7 Å². The van der Waals surface area contributed by atoms with Gasteiger partial charge in [0.05, 0.1) is 17.9 Å². The molecular formula is C17H19FN4. The highest BCUT2D eigenvalue weighted by Crippen LogP contribution is 2.29. The number of hydrogen-bond acceptors (Lipinski definition) is 3. The number of hydrogen-bond donors (Lipinski definition) is 0. The molecule has 0 radical (unpaired) electrons. The third-order valence-electron chi connectivity index (χ3n) is 4.25. The summed E-state index contributed by atoms with van der Waals surface area (Å²) in [5.74, 6) is 0.981. The fraction of sp³-hybridized carbons (Fsp3) is 0.412. The molecule has 1 aliphatic heterocycles. The van der Waals surface area contributed by atoms with E-state index in [4.69, 9.17) is 4.98 Å². The van der Waals surface area contributed by atoms with Crippen molar-refractivity contribution in [1.29, 1.82) is 5.26 Å². The summed E-state index contributed by atoms with van der Waals surface area (Å²) in [4.78, 5) is 6.79. The minimum Gasteiger partial charge on any atom is -0.364 e. The SMILES string of the molecule is CC(C)c1nc2c(n1C)CCN(c1cccc(F)c1C#N)C2. The molecular weight excluding hydrogens is 279 g/mol. The van der Waals surface area contributed by atoms with Gasteiger partial charge in [0.25, 0.3) is 0 Å². The van der Waals surface area contributed by atoms with E-state index in [1.54, 1.807) is 12.1 Å². The molecule has 1 aromatic heterocycles. The lowest BCUT2D eigenvalue weighted by Gasteiger charge is -2.29. The molecule has 3 rings (SSSR count). The zero-order valence-corrected chi connectivity index (χ0v) is 13.1. The van der Waals surface area contributed by atoms with Crippen molar-refractivity contribution in [3.63, 3.8) is 0 Å². The molecule has 0 saturated heterocycles. The van der Waals surface area contributed by atoms with Gasteiger partial charge in [-0.1, -0.05) is 19.9 Å².